The third kappa shape index (κ3) is 5.06. The minimum atomic E-state index is -3.33. The predicted octanol–water partition coefficient (Wildman–Crippen LogP) is 6.00. The third-order valence-electron chi connectivity index (χ3n) is 5.71. The van der Waals surface area contributed by atoms with Crippen molar-refractivity contribution < 1.29 is 13.2 Å². The van der Waals surface area contributed by atoms with Gasteiger partial charge in [-0.25, -0.2) is 18.1 Å². The Bertz CT molecular complexity index is 1710. The molecule has 0 N–H and O–H groups in total. The van der Waals surface area contributed by atoms with Gasteiger partial charge in [0.2, 0.25) is 0 Å². The van der Waals surface area contributed by atoms with Gasteiger partial charge in [-0.15, -0.1) is 11.3 Å². The van der Waals surface area contributed by atoms with Gasteiger partial charge in [0, 0.05) is 24.4 Å². The third-order valence-corrected chi connectivity index (χ3v) is 8.30. The van der Waals surface area contributed by atoms with E-state index in [0.29, 0.717) is 22.2 Å². The fraction of sp³-hybridized carbons (Fsp3) is 0.0741. The molecule has 10 heteroatoms. The average molecular weight is 549 g/mol. The first kappa shape index (κ1) is 24.9. The highest BCUT2D eigenvalue weighted by atomic mass is 35.5. The molecule has 5 aromatic rings. The summed E-state index contributed by atoms with van der Waals surface area (Å²) in [5, 5.41) is 5.12. The van der Waals surface area contributed by atoms with Crippen molar-refractivity contribution in [2.24, 2.45) is 0 Å². The average Bonchev–Trinajstić information content (AvgIpc) is 3.56. The SMILES string of the molecule is CN(C(=O)c1cc(-c2ccc(-c3cccc(S(C)(=O)=O)c3)s2)n(-c2ccccc2Cl)n1)c1ccccn1. The Morgan fingerprint density at radius 3 is 2.43 bits per heavy atom. The van der Waals surface area contributed by atoms with Gasteiger partial charge in [-0.05, 0) is 60.2 Å². The Kier molecular flexibility index (Phi) is 6.68. The highest BCUT2D eigenvalue weighted by molar-refractivity contribution is 7.90. The zero-order valence-corrected chi connectivity index (χ0v) is 22.3. The molecule has 0 fully saturated rings. The maximum Gasteiger partial charge on any atom is 0.279 e. The Labute approximate surface area is 223 Å². The van der Waals surface area contributed by atoms with Crippen molar-refractivity contribution in [2.75, 3.05) is 18.2 Å². The molecule has 0 spiro atoms. The Hall–Kier alpha value is -3.79. The number of hydrogen-bond acceptors (Lipinski definition) is 6. The fourth-order valence-corrected chi connectivity index (χ4v) is 5.69. The first-order chi connectivity index (χ1) is 17.7. The second kappa shape index (κ2) is 9.93. The van der Waals surface area contributed by atoms with Crippen molar-refractivity contribution in [1.29, 1.82) is 0 Å². The van der Waals surface area contributed by atoms with E-state index in [1.165, 1.54) is 22.5 Å². The van der Waals surface area contributed by atoms with E-state index >= 15 is 0 Å². The van der Waals surface area contributed by atoms with Crippen LogP contribution in [0.5, 0.6) is 0 Å². The minimum absolute atomic E-state index is 0.233. The van der Waals surface area contributed by atoms with Crippen molar-refractivity contribution in [3.8, 4) is 26.7 Å². The molecule has 0 saturated carbocycles. The lowest BCUT2D eigenvalue weighted by molar-refractivity contribution is 0.0987. The number of pyridine rings is 1. The van der Waals surface area contributed by atoms with Gasteiger partial charge in [0.25, 0.3) is 5.91 Å². The number of sulfone groups is 1. The summed E-state index contributed by atoms with van der Waals surface area (Å²) in [6.07, 6.45) is 2.81. The highest BCUT2D eigenvalue weighted by Crippen LogP contribution is 2.37. The van der Waals surface area contributed by atoms with E-state index in [4.69, 9.17) is 11.6 Å². The summed E-state index contributed by atoms with van der Waals surface area (Å²) in [7, 11) is -1.69. The number of rotatable bonds is 6. The zero-order valence-electron chi connectivity index (χ0n) is 19.9. The molecule has 0 aliphatic carbocycles. The Morgan fingerprint density at radius 2 is 1.70 bits per heavy atom. The Balaban J connectivity index is 1.59. The molecule has 1 amide bonds. The molecule has 0 radical (unpaired) electrons. The molecule has 37 heavy (non-hydrogen) atoms. The Morgan fingerprint density at radius 1 is 0.946 bits per heavy atom. The van der Waals surface area contributed by atoms with Gasteiger partial charge in [-0.2, -0.15) is 5.10 Å². The van der Waals surface area contributed by atoms with E-state index in [-0.39, 0.29) is 16.5 Å². The lowest BCUT2D eigenvalue weighted by Gasteiger charge is -2.14. The van der Waals surface area contributed by atoms with Crippen LogP contribution in [-0.2, 0) is 9.84 Å². The summed E-state index contributed by atoms with van der Waals surface area (Å²) in [6.45, 7) is 0. The van der Waals surface area contributed by atoms with Crippen LogP contribution in [-0.4, -0.2) is 42.4 Å². The smallest absolute Gasteiger partial charge is 0.279 e. The largest absolute Gasteiger partial charge is 0.294 e. The van der Waals surface area contributed by atoms with Crippen molar-refractivity contribution in [3.05, 3.63) is 102 Å². The first-order valence-corrected chi connectivity index (χ1v) is 14.3. The summed E-state index contributed by atoms with van der Waals surface area (Å²) in [6, 6.07) is 25.0. The number of benzene rings is 2. The lowest BCUT2D eigenvalue weighted by atomic mass is 10.2. The highest BCUT2D eigenvalue weighted by Gasteiger charge is 2.23. The molecule has 3 heterocycles. The summed E-state index contributed by atoms with van der Waals surface area (Å²) in [4.78, 5) is 21.0. The first-order valence-electron chi connectivity index (χ1n) is 11.2. The predicted molar refractivity (Wildman–Crippen MR) is 147 cm³/mol. The van der Waals surface area contributed by atoms with Crippen LogP contribution in [0, 0.1) is 0 Å². The van der Waals surface area contributed by atoms with Crippen molar-refractivity contribution in [3.63, 3.8) is 0 Å². The van der Waals surface area contributed by atoms with Gasteiger partial charge < -0.3 is 0 Å². The van der Waals surface area contributed by atoms with Crippen LogP contribution in [0.1, 0.15) is 10.5 Å². The molecule has 3 aromatic heterocycles. The van der Waals surface area contributed by atoms with Crippen LogP contribution in [0.3, 0.4) is 0 Å². The summed E-state index contributed by atoms with van der Waals surface area (Å²) in [5.74, 6) is 0.189. The molecular formula is C27H21ClN4O3S2. The number of aromatic nitrogens is 3. The monoisotopic (exact) mass is 548 g/mol. The molecule has 0 atom stereocenters. The number of anilines is 1. The van der Waals surface area contributed by atoms with E-state index in [2.05, 4.69) is 10.1 Å². The molecule has 0 bridgehead atoms. The van der Waals surface area contributed by atoms with Gasteiger partial charge in [-0.3, -0.25) is 9.69 Å². The van der Waals surface area contributed by atoms with Gasteiger partial charge in [0.15, 0.2) is 15.5 Å². The van der Waals surface area contributed by atoms with Crippen LogP contribution in [0.25, 0.3) is 26.7 Å². The normalized spacial score (nSPS) is 11.4. The van der Waals surface area contributed by atoms with Crippen molar-refractivity contribution in [1.82, 2.24) is 14.8 Å². The number of carbonyl (C=O) groups excluding carboxylic acids is 1. The molecule has 7 nitrogen and oxygen atoms in total. The summed E-state index contributed by atoms with van der Waals surface area (Å²) in [5.41, 5.74) is 2.33. The van der Waals surface area contributed by atoms with E-state index in [1.54, 1.807) is 60.4 Å². The molecule has 0 aliphatic heterocycles. The molecule has 186 valence electrons. The number of carbonyl (C=O) groups is 1. The van der Waals surface area contributed by atoms with Gasteiger partial charge in [-0.1, -0.05) is 41.9 Å². The molecule has 0 unspecified atom stereocenters. The molecule has 0 aliphatic rings. The second-order valence-electron chi connectivity index (χ2n) is 8.29. The number of halogens is 1. The number of hydrogen-bond donors (Lipinski definition) is 0. The lowest BCUT2D eigenvalue weighted by Crippen LogP contribution is -2.27. The maximum atomic E-state index is 13.3. The van der Waals surface area contributed by atoms with E-state index in [0.717, 1.165) is 15.3 Å². The van der Waals surface area contributed by atoms with Gasteiger partial charge in [0.1, 0.15) is 5.82 Å². The van der Waals surface area contributed by atoms with Crippen molar-refractivity contribution in [2.45, 2.75) is 4.90 Å². The van der Waals surface area contributed by atoms with Crippen LogP contribution < -0.4 is 4.90 Å². The minimum Gasteiger partial charge on any atom is -0.294 e. The van der Waals surface area contributed by atoms with Crippen LogP contribution in [0.2, 0.25) is 5.02 Å². The number of thiophene rings is 1. The molecule has 5 rings (SSSR count). The van der Waals surface area contributed by atoms with E-state index in [9.17, 15) is 13.2 Å². The van der Waals surface area contributed by atoms with E-state index in [1.807, 2.05) is 42.5 Å². The van der Waals surface area contributed by atoms with E-state index < -0.39 is 9.84 Å². The van der Waals surface area contributed by atoms with Crippen LogP contribution in [0.15, 0.2) is 96.0 Å². The van der Waals surface area contributed by atoms with Gasteiger partial charge in [0.05, 0.1) is 26.2 Å². The summed E-state index contributed by atoms with van der Waals surface area (Å²) >= 11 is 7.97. The molecule has 0 saturated heterocycles. The van der Waals surface area contributed by atoms with Crippen molar-refractivity contribution >= 4 is 44.5 Å². The molecular weight excluding hydrogens is 528 g/mol. The fourth-order valence-electron chi connectivity index (χ4n) is 3.81. The topological polar surface area (TPSA) is 85.2 Å². The van der Waals surface area contributed by atoms with Crippen LogP contribution >= 0.6 is 22.9 Å². The molecule has 2 aromatic carbocycles. The maximum absolute atomic E-state index is 13.3. The number of para-hydroxylation sites is 1. The second-order valence-corrected chi connectivity index (χ2v) is 11.8. The van der Waals surface area contributed by atoms with Crippen LogP contribution in [0.4, 0.5) is 5.82 Å². The zero-order chi connectivity index (χ0) is 26.2. The number of amides is 1. The number of nitrogens with zero attached hydrogens (tertiary/aromatic N) is 4. The standard InChI is InChI=1S/C27H21ClN4O3S2/c1-31(26-12-5-6-15-29-26)27(33)21-17-23(32(30-21)22-11-4-3-10-20(22)28)25-14-13-24(36-25)18-8-7-9-19(16-18)37(2,34)35/h3-17H,1-2H3. The van der Waals surface area contributed by atoms with Gasteiger partial charge >= 0.3 is 0 Å². The summed E-state index contributed by atoms with van der Waals surface area (Å²) < 4.78 is 25.7. The quantitative estimate of drug-likeness (QED) is 0.260.